The number of rotatable bonds is 5. The van der Waals surface area contributed by atoms with E-state index >= 15 is 0 Å². The van der Waals surface area contributed by atoms with Crippen molar-refractivity contribution in [1.82, 2.24) is 10.0 Å². The predicted octanol–water partition coefficient (Wildman–Crippen LogP) is 1.67. The van der Waals surface area contributed by atoms with Crippen LogP contribution in [0.2, 0.25) is 5.02 Å². The minimum Gasteiger partial charge on any atom is -0.449 e. The number of aryl methyl sites for hydroxylation is 1. The van der Waals surface area contributed by atoms with Crippen molar-refractivity contribution in [3.8, 4) is 0 Å². The molecule has 8 heteroatoms. The Kier molecular flexibility index (Phi) is 4.55. The van der Waals surface area contributed by atoms with Crippen molar-refractivity contribution < 1.29 is 17.6 Å². The molecule has 0 spiro atoms. The SMILES string of the molecule is Cc1c(C(=O)NCCNS(C)(=O)=O)oc2c(Cl)cccc12. The highest BCUT2D eigenvalue weighted by Crippen LogP contribution is 2.30. The number of hydrogen-bond acceptors (Lipinski definition) is 4. The molecule has 0 radical (unpaired) electrons. The molecule has 0 fully saturated rings. The van der Waals surface area contributed by atoms with Gasteiger partial charge >= 0.3 is 0 Å². The van der Waals surface area contributed by atoms with Gasteiger partial charge in [-0.2, -0.15) is 0 Å². The third-order valence-corrected chi connectivity index (χ3v) is 3.92. The summed E-state index contributed by atoms with van der Waals surface area (Å²) in [4.78, 5) is 12.0. The molecule has 2 aromatic rings. The average molecular weight is 331 g/mol. The molecule has 1 amide bonds. The van der Waals surface area contributed by atoms with E-state index in [2.05, 4.69) is 10.0 Å². The van der Waals surface area contributed by atoms with Gasteiger partial charge in [0.2, 0.25) is 10.0 Å². The number of furan rings is 1. The van der Waals surface area contributed by atoms with Crippen molar-refractivity contribution in [2.45, 2.75) is 6.92 Å². The number of para-hydroxylation sites is 1. The fraction of sp³-hybridized carbons (Fsp3) is 0.308. The maximum atomic E-state index is 12.0. The van der Waals surface area contributed by atoms with Crippen LogP contribution in [0.3, 0.4) is 0 Å². The Balaban J connectivity index is 2.10. The molecule has 0 atom stereocenters. The van der Waals surface area contributed by atoms with Crippen LogP contribution < -0.4 is 10.0 Å². The monoisotopic (exact) mass is 330 g/mol. The quantitative estimate of drug-likeness (QED) is 0.816. The summed E-state index contributed by atoms with van der Waals surface area (Å²) in [5, 5.41) is 3.81. The minimum atomic E-state index is -3.26. The van der Waals surface area contributed by atoms with Crippen molar-refractivity contribution >= 4 is 38.5 Å². The summed E-state index contributed by atoms with van der Waals surface area (Å²) in [7, 11) is -3.26. The summed E-state index contributed by atoms with van der Waals surface area (Å²) in [6, 6.07) is 5.29. The number of nitrogens with one attached hydrogen (secondary N) is 2. The minimum absolute atomic E-state index is 0.116. The van der Waals surface area contributed by atoms with Crippen LogP contribution >= 0.6 is 11.6 Å². The number of fused-ring (bicyclic) bond motifs is 1. The maximum Gasteiger partial charge on any atom is 0.287 e. The molecule has 6 nitrogen and oxygen atoms in total. The van der Waals surface area contributed by atoms with Crippen LogP contribution in [0.25, 0.3) is 11.0 Å². The number of sulfonamides is 1. The van der Waals surface area contributed by atoms with Crippen LogP contribution in [0.5, 0.6) is 0 Å². The highest BCUT2D eigenvalue weighted by molar-refractivity contribution is 7.88. The first-order valence-corrected chi connectivity index (χ1v) is 8.47. The fourth-order valence-electron chi connectivity index (χ4n) is 1.92. The molecule has 2 rings (SSSR count). The fourth-order valence-corrected chi connectivity index (χ4v) is 2.60. The van der Waals surface area contributed by atoms with Gasteiger partial charge < -0.3 is 9.73 Å². The Hall–Kier alpha value is -1.57. The van der Waals surface area contributed by atoms with E-state index in [1.807, 2.05) is 6.07 Å². The first-order chi connectivity index (χ1) is 9.79. The first kappa shape index (κ1) is 15.8. The van der Waals surface area contributed by atoms with Gasteiger partial charge in [-0.25, -0.2) is 13.1 Å². The molecule has 114 valence electrons. The maximum absolute atomic E-state index is 12.0. The lowest BCUT2D eigenvalue weighted by Crippen LogP contribution is -2.34. The second-order valence-corrected chi connectivity index (χ2v) is 6.84. The van der Waals surface area contributed by atoms with Gasteiger partial charge in [0.15, 0.2) is 11.3 Å². The molecule has 21 heavy (non-hydrogen) atoms. The first-order valence-electron chi connectivity index (χ1n) is 6.20. The molecule has 0 aliphatic carbocycles. The Morgan fingerprint density at radius 1 is 1.33 bits per heavy atom. The Labute approximate surface area is 127 Å². The van der Waals surface area contributed by atoms with Gasteiger partial charge in [-0.3, -0.25) is 4.79 Å². The van der Waals surface area contributed by atoms with E-state index in [4.69, 9.17) is 16.0 Å². The summed E-state index contributed by atoms with van der Waals surface area (Å²) in [6.07, 6.45) is 1.06. The van der Waals surface area contributed by atoms with Crippen molar-refractivity contribution in [3.63, 3.8) is 0 Å². The molecular weight excluding hydrogens is 316 g/mol. The number of benzene rings is 1. The number of hydrogen-bond donors (Lipinski definition) is 2. The van der Waals surface area contributed by atoms with Gasteiger partial charge in [0, 0.05) is 24.0 Å². The van der Waals surface area contributed by atoms with E-state index in [1.165, 1.54) is 0 Å². The smallest absolute Gasteiger partial charge is 0.287 e. The molecule has 1 aromatic carbocycles. The largest absolute Gasteiger partial charge is 0.449 e. The van der Waals surface area contributed by atoms with Crippen molar-refractivity contribution in [2.24, 2.45) is 0 Å². The summed E-state index contributed by atoms with van der Waals surface area (Å²) in [5.41, 5.74) is 1.16. The van der Waals surface area contributed by atoms with Crippen LogP contribution in [0.1, 0.15) is 16.1 Å². The summed E-state index contributed by atoms with van der Waals surface area (Å²) in [6.45, 7) is 2.05. The molecule has 2 N–H and O–H groups in total. The summed E-state index contributed by atoms with van der Waals surface area (Å²) >= 11 is 6.02. The van der Waals surface area contributed by atoms with Crippen molar-refractivity contribution in [2.75, 3.05) is 19.3 Å². The third-order valence-electron chi connectivity index (χ3n) is 2.90. The molecule has 0 unspecified atom stereocenters. The summed E-state index contributed by atoms with van der Waals surface area (Å²) < 4.78 is 29.6. The zero-order valence-corrected chi connectivity index (χ0v) is 13.1. The predicted molar refractivity (Wildman–Crippen MR) is 81.1 cm³/mol. The summed E-state index contributed by atoms with van der Waals surface area (Å²) in [5.74, 6) is -0.229. The van der Waals surface area contributed by atoms with Gasteiger partial charge in [-0.05, 0) is 13.0 Å². The van der Waals surface area contributed by atoms with Crippen LogP contribution in [0.4, 0.5) is 0 Å². The Morgan fingerprint density at radius 3 is 2.67 bits per heavy atom. The standard InChI is InChI=1S/C13H15ClN2O4S/c1-8-9-4-3-5-10(14)12(9)20-11(8)13(17)15-6-7-16-21(2,18)19/h3-5,16H,6-7H2,1-2H3,(H,15,17). The number of amides is 1. The highest BCUT2D eigenvalue weighted by Gasteiger charge is 2.18. The lowest BCUT2D eigenvalue weighted by Gasteiger charge is -2.04. The van der Waals surface area contributed by atoms with Gasteiger partial charge in [0.05, 0.1) is 11.3 Å². The van der Waals surface area contributed by atoms with Crippen molar-refractivity contribution in [1.29, 1.82) is 0 Å². The van der Waals surface area contributed by atoms with Crippen LogP contribution in [0.15, 0.2) is 22.6 Å². The normalized spacial score (nSPS) is 11.8. The second-order valence-electron chi connectivity index (χ2n) is 4.60. The van der Waals surface area contributed by atoms with Gasteiger partial charge in [-0.15, -0.1) is 0 Å². The van der Waals surface area contributed by atoms with E-state index in [0.29, 0.717) is 16.2 Å². The van der Waals surface area contributed by atoms with E-state index in [1.54, 1.807) is 19.1 Å². The zero-order valence-electron chi connectivity index (χ0n) is 11.6. The zero-order chi connectivity index (χ0) is 15.6. The van der Waals surface area contributed by atoms with E-state index in [0.717, 1.165) is 11.6 Å². The number of carbonyl (C=O) groups excluding carboxylic acids is 1. The number of halogens is 1. The Bertz CT molecular complexity index is 783. The molecule has 0 saturated carbocycles. The second kappa shape index (κ2) is 6.05. The molecule has 1 heterocycles. The molecule has 0 aliphatic heterocycles. The lowest BCUT2D eigenvalue weighted by atomic mass is 10.1. The molecular formula is C13H15ClN2O4S. The molecule has 0 bridgehead atoms. The topological polar surface area (TPSA) is 88.4 Å². The van der Waals surface area contributed by atoms with Gasteiger partial charge in [0.25, 0.3) is 5.91 Å². The van der Waals surface area contributed by atoms with E-state index in [-0.39, 0.29) is 18.8 Å². The third kappa shape index (κ3) is 3.75. The van der Waals surface area contributed by atoms with Crippen molar-refractivity contribution in [3.05, 3.63) is 34.5 Å². The van der Waals surface area contributed by atoms with Crippen LogP contribution in [0, 0.1) is 6.92 Å². The highest BCUT2D eigenvalue weighted by atomic mass is 35.5. The lowest BCUT2D eigenvalue weighted by molar-refractivity contribution is 0.0928. The van der Waals surface area contributed by atoms with Crippen LogP contribution in [-0.4, -0.2) is 33.7 Å². The van der Waals surface area contributed by atoms with E-state index in [9.17, 15) is 13.2 Å². The van der Waals surface area contributed by atoms with E-state index < -0.39 is 15.9 Å². The average Bonchev–Trinajstić information content (AvgIpc) is 2.73. The molecule has 0 aliphatic rings. The molecule has 1 aromatic heterocycles. The molecule has 0 saturated heterocycles. The van der Waals surface area contributed by atoms with Gasteiger partial charge in [-0.1, -0.05) is 23.7 Å². The van der Waals surface area contributed by atoms with Crippen LogP contribution in [-0.2, 0) is 10.0 Å². The number of carbonyl (C=O) groups is 1. The van der Waals surface area contributed by atoms with Gasteiger partial charge in [0.1, 0.15) is 0 Å². The Morgan fingerprint density at radius 2 is 2.05 bits per heavy atom.